The Hall–Kier alpha value is -0.463. The molecule has 0 aromatic heterocycles. The summed E-state index contributed by atoms with van der Waals surface area (Å²) in [5, 5.41) is 1.03. The summed E-state index contributed by atoms with van der Waals surface area (Å²) in [7, 11) is -4.94. The molecule has 3 nitrogen and oxygen atoms in total. The van der Waals surface area contributed by atoms with Gasteiger partial charge in [-0.05, 0) is 18.6 Å². The predicted octanol–water partition coefficient (Wildman–Crippen LogP) is 2.83. The summed E-state index contributed by atoms with van der Waals surface area (Å²) in [6.07, 6.45) is 1.14. The van der Waals surface area contributed by atoms with E-state index in [9.17, 15) is 8.42 Å². The third-order valence-electron chi connectivity index (χ3n) is 3.04. The molecule has 100 valence electrons. The molecule has 0 radical (unpaired) electrons. The standard InChI is InChI=1S/C12H19NO2S2Si/c1-18(2)10-6-9-16(11-18)13-17(14,15)12-7-4-3-5-8-12/h3-5,7-8H,6,9-11H2,1-2H3. The van der Waals surface area contributed by atoms with Crippen molar-refractivity contribution in [2.75, 3.05) is 11.1 Å². The molecule has 0 aliphatic carbocycles. The zero-order valence-corrected chi connectivity index (χ0v) is 13.4. The maximum absolute atomic E-state index is 12.2. The molecule has 0 bridgehead atoms. The van der Waals surface area contributed by atoms with Crippen molar-refractivity contribution in [1.29, 1.82) is 0 Å². The maximum atomic E-state index is 12.2. The highest BCUT2D eigenvalue weighted by atomic mass is 32.3. The van der Waals surface area contributed by atoms with Crippen LogP contribution in [0.25, 0.3) is 0 Å². The van der Waals surface area contributed by atoms with Crippen LogP contribution in [0, 0.1) is 0 Å². The molecule has 6 heteroatoms. The van der Waals surface area contributed by atoms with Gasteiger partial charge in [0.05, 0.1) is 13.0 Å². The van der Waals surface area contributed by atoms with Crippen LogP contribution in [0.2, 0.25) is 19.1 Å². The molecule has 1 heterocycles. The van der Waals surface area contributed by atoms with Crippen molar-refractivity contribution in [2.45, 2.75) is 30.5 Å². The molecule has 1 aliphatic rings. The summed E-state index contributed by atoms with van der Waals surface area (Å²) in [6, 6.07) is 9.84. The van der Waals surface area contributed by atoms with E-state index in [1.165, 1.54) is 6.04 Å². The van der Waals surface area contributed by atoms with Crippen molar-refractivity contribution < 1.29 is 8.42 Å². The number of hydrogen-bond acceptors (Lipinski definition) is 2. The number of benzene rings is 1. The van der Waals surface area contributed by atoms with Crippen molar-refractivity contribution in [3.63, 3.8) is 0 Å². The molecule has 1 aromatic rings. The van der Waals surface area contributed by atoms with E-state index >= 15 is 0 Å². The fraction of sp³-hybridized carbons (Fsp3) is 0.500. The highest BCUT2D eigenvalue weighted by Crippen LogP contribution is 2.23. The molecule has 0 amide bonds. The van der Waals surface area contributed by atoms with E-state index in [1.807, 2.05) is 6.07 Å². The fourth-order valence-corrected chi connectivity index (χ4v) is 11.7. The Morgan fingerprint density at radius 3 is 2.50 bits per heavy atom. The number of hydrogen-bond donors (Lipinski definition) is 0. The minimum atomic E-state index is -3.45. The van der Waals surface area contributed by atoms with Crippen LogP contribution in [-0.2, 0) is 20.7 Å². The second-order valence-electron chi connectivity index (χ2n) is 5.44. The molecule has 0 saturated carbocycles. The molecule has 1 saturated heterocycles. The summed E-state index contributed by atoms with van der Waals surface area (Å²) in [5.74, 6) is 0.947. The Labute approximate surface area is 113 Å². The Morgan fingerprint density at radius 2 is 1.89 bits per heavy atom. The highest BCUT2D eigenvalue weighted by Gasteiger charge is 2.27. The average Bonchev–Trinajstić information content (AvgIpc) is 2.28. The van der Waals surface area contributed by atoms with E-state index in [2.05, 4.69) is 16.9 Å². The zero-order chi connectivity index (χ0) is 13.2. The monoisotopic (exact) mass is 301 g/mol. The Balaban J connectivity index is 2.27. The third kappa shape index (κ3) is 3.52. The summed E-state index contributed by atoms with van der Waals surface area (Å²) in [5.41, 5.74) is 0. The SMILES string of the molecule is C[Si]1(C)CCC/S(=N/S(=O)(=O)c2ccccc2)C1. The maximum Gasteiger partial charge on any atom is 0.287 e. The van der Waals surface area contributed by atoms with Crippen molar-refractivity contribution >= 4 is 28.8 Å². The Kier molecular flexibility index (Phi) is 4.08. The van der Waals surface area contributed by atoms with E-state index < -0.39 is 18.1 Å². The molecule has 0 N–H and O–H groups in total. The second-order valence-corrected chi connectivity index (χ2v) is 14.8. The van der Waals surface area contributed by atoms with Gasteiger partial charge in [-0.25, -0.2) is 0 Å². The third-order valence-corrected chi connectivity index (χ3v) is 12.5. The topological polar surface area (TPSA) is 46.5 Å². The van der Waals surface area contributed by atoms with Crippen molar-refractivity contribution in [3.8, 4) is 0 Å². The number of rotatable bonds is 2. The fourth-order valence-electron chi connectivity index (χ4n) is 2.15. The lowest BCUT2D eigenvalue weighted by atomic mass is 10.4. The van der Waals surface area contributed by atoms with Gasteiger partial charge in [0.25, 0.3) is 10.0 Å². The van der Waals surface area contributed by atoms with Crippen LogP contribution in [0.15, 0.2) is 39.0 Å². The van der Waals surface area contributed by atoms with Gasteiger partial charge in [-0.1, -0.05) is 48.0 Å². The first-order valence-corrected chi connectivity index (χ1v) is 12.5. The lowest BCUT2D eigenvalue weighted by molar-refractivity contribution is 0.598. The van der Waals surface area contributed by atoms with Gasteiger partial charge in [0, 0.05) is 11.1 Å². The molecule has 1 atom stereocenters. The summed E-state index contributed by atoms with van der Waals surface area (Å²) >= 11 is 0. The molecule has 1 aliphatic heterocycles. The molecule has 1 fully saturated rings. The molecule has 0 spiro atoms. The smallest absolute Gasteiger partial charge is 0.199 e. The predicted molar refractivity (Wildman–Crippen MR) is 80.1 cm³/mol. The Morgan fingerprint density at radius 1 is 1.22 bits per heavy atom. The minimum Gasteiger partial charge on any atom is -0.199 e. The van der Waals surface area contributed by atoms with Gasteiger partial charge in [-0.2, -0.15) is 8.42 Å². The molecule has 1 unspecified atom stereocenters. The van der Waals surface area contributed by atoms with Crippen LogP contribution in [0.5, 0.6) is 0 Å². The second kappa shape index (κ2) is 5.26. The first-order valence-electron chi connectivity index (χ1n) is 6.10. The number of nitrogens with zero attached hydrogens (tertiary/aromatic N) is 1. The molecular weight excluding hydrogens is 282 g/mol. The molecule has 2 rings (SSSR count). The van der Waals surface area contributed by atoms with Gasteiger partial charge in [0.1, 0.15) is 0 Å². The van der Waals surface area contributed by atoms with E-state index in [4.69, 9.17) is 0 Å². The van der Waals surface area contributed by atoms with Crippen LogP contribution in [-0.4, -0.2) is 27.6 Å². The van der Waals surface area contributed by atoms with E-state index in [0.29, 0.717) is 4.90 Å². The van der Waals surface area contributed by atoms with Crippen LogP contribution in [0.4, 0.5) is 0 Å². The normalized spacial score (nSPS) is 24.0. The quantitative estimate of drug-likeness (QED) is 0.789. The first-order chi connectivity index (χ1) is 8.39. The van der Waals surface area contributed by atoms with Crippen LogP contribution < -0.4 is 0 Å². The van der Waals surface area contributed by atoms with Gasteiger partial charge >= 0.3 is 0 Å². The summed E-state index contributed by atoms with van der Waals surface area (Å²) < 4.78 is 28.5. The lowest BCUT2D eigenvalue weighted by Crippen LogP contribution is -2.38. The van der Waals surface area contributed by atoms with Gasteiger partial charge in [0.2, 0.25) is 0 Å². The molecule has 18 heavy (non-hydrogen) atoms. The van der Waals surface area contributed by atoms with Crippen molar-refractivity contribution in [1.82, 2.24) is 0 Å². The number of sulfonamides is 1. The highest BCUT2D eigenvalue weighted by molar-refractivity contribution is 8.01. The van der Waals surface area contributed by atoms with Crippen molar-refractivity contribution in [2.24, 2.45) is 3.77 Å². The Bertz CT molecular complexity index is 553. The van der Waals surface area contributed by atoms with Gasteiger partial charge in [-0.15, -0.1) is 3.77 Å². The van der Waals surface area contributed by atoms with E-state index in [0.717, 1.165) is 17.5 Å². The van der Waals surface area contributed by atoms with Gasteiger partial charge < -0.3 is 0 Å². The zero-order valence-electron chi connectivity index (χ0n) is 10.8. The largest absolute Gasteiger partial charge is 0.287 e. The minimum absolute atomic E-state index is 0.285. The van der Waals surface area contributed by atoms with Crippen molar-refractivity contribution in [3.05, 3.63) is 30.3 Å². The van der Waals surface area contributed by atoms with Crippen LogP contribution in [0.1, 0.15) is 6.42 Å². The van der Waals surface area contributed by atoms with Gasteiger partial charge in [-0.3, -0.25) is 0 Å². The van der Waals surface area contributed by atoms with Crippen LogP contribution >= 0.6 is 0 Å². The van der Waals surface area contributed by atoms with E-state index in [1.54, 1.807) is 24.3 Å². The molecular formula is C12H19NO2S2Si. The van der Waals surface area contributed by atoms with Crippen LogP contribution in [0.3, 0.4) is 0 Å². The summed E-state index contributed by atoms with van der Waals surface area (Å²) in [4.78, 5) is 0.322. The lowest BCUT2D eigenvalue weighted by Gasteiger charge is -2.28. The first kappa shape index (κ1) is 14.0. The molecule has 1 aromatic carbocycles. The van der Waals surface area contributed by atoms with E-state index in [-0.39, 0.29) is 10.7 Å². The van der Waals surface area contributed by atoms with Gasteiger partial charge in [0.15, 0.2) is 0 Å². The summed E-state index contributed by atoms with van der Waals surface area (Å²) in [6.45, 7) is 4.66. The average molecular weight is 302 g/mol.